The van der Waals surface area contributed by atoms with E-state index in [2.05, 4.69) is 5.32 Å². The van der Waals surface area contributed by atoms with Gasteiger partial charge in [-0.05, 0) is 60.0 Å². The highest BCUT2D eigenvalue weighted by molar-refractivity contribution is 5.92. The molecule has 4 rings (SSSR count). The Hall–Kier alpha value is -3.87. The Kier molecular flexibility index (Phi) is 7.11. The Morgan fingerprint density at radius 3 is 2.47 bits per heavy atom. The normalized spacial score (nSPS) is 15.2. The van der Waals surface area contributed by atoms with E-state index in [4.69, 9.17) is 9.47 Å². The van der Waals surface area contributed by atoms with Gasteiger partial charge in [-0.2, -0.15) is 0 Å². The molecular formula is C27H27FN2O4. The highest BCUT2D eigenvalue weighted by Crippen LogP contribution is 2.30. The lowest BCUT2D eigenvalue weighted by molar-refractivity contribution is -0.139. The summed E-state index contributed by atoms with van der Waals surface area (Å²) in [6, 6.07) is 18.9. The second-order valence-electron chi connectivity index (χ2n) is 8.23. The number of benzene rings is 3. The number of methoxy groups -OCH3 is 1. The molecule has 1 aliphatic rings. The monoisotopic (exact) mass is 462 g/mol. The van der Waals surface area contributed by atoms with Gasteiger partial charge in [0.05, 0.1) is 13.5 Å². The first-order chi connectivity index (χ1) is 16.4. The van der Waals surface area contributed by atoms with Crippen LogP contribution < -0.4 is 14.8 Å². The van der Waals surface area contributed by atoms with E-state index in [1.165, 1.54) is 12.1 Å². The van der Waals surface area contributed by atoms with Crippen LogP contribution in [0.2, 0.25) is 0 Å². The average Bonchev–Trinajstić information content (AvgIpc) is 2.97. The number of nitrogens with one attached hydrogen (secondary N) is 1. The zero-order valence-electron chi connectivity index (χ0n) is 19.2. The number of fused-ring (bicyclic) bond motifs is 1. The van der Waals surface area contributed by atoms with Gasteiger partial charge in [0.1, 0.15) is 17.3 Å². The largest absolute Gasteiger partial charge is 0.497 e. The van der Waals surface area contributed by atoms with Crippen molar-refractivity contribution in [3.8, 4) is 11.5 Å². The molecule has 2 amide bonds. The maximum atomic E-state index is 13.3. The van der Waals surface area contributed by atoms with Crippen LogP contribution in [0.4, 0.5) is 10.1 Å². The number of hydrogen-bond acceptors (Lipinski definition) is 4. The number of carbonyl (C=O) groups is 2. The van der Waals surface area contributed by atoms with Crippen LogP contribution in [0.3, 0.4) is 0 Å². The van der Waals surface area contributed by atoms with Crippen LogP contribution in [0.5, 0.6) is 11.5 Å². The van der Waals surface area contributed by atoms with Crippen LogP contribution in [0, 0.1) is 5.82 Å². The van der Waals surface area contributed by atoms with Gasteiger partial charge in [0, 0.05) is 24.3 Å². The fourth-order valence-electron chi connectivity index (χ4n) is 3.92. The third kappa shape index (κ3) is 5.54. The van der Waals surface area contributed by atoms with Crippen molar-refractivity contribution in [2.75, 3.05) is 12.4 Å². The molecule has 1 atom stereocenters. The molecule has 6 nitrogen and oxygen atoms in total. The lowest BCUT2D eigenvalue weighted by Crippen LogP contribution is -2.38. The van der Waals surface area contributed by atoms with Crippen molar-refractivity contribution in [2.45, 2.75) is 39.0 Å². The van der Waals surface area contributed by atoms with Crippen molar-refractivity contribution in [1.82, 2.24) is 4.90 Å². The minimum atomic E-state index is -0.600. The van der Waals surface area contributed by atoms with Crippen molar-refractivity contribution in [2.24, 2.45) is 0 Å². The van der Waals surface area contributed by atoms with Crippen LogP contribution >= 0.6 is 0 Å². The van der Waals surface area contributed by atoms with Gasteiger partial charge in [0.25, 0.3) is 5.91 Å². The number of rotatable bonds is 7. The Labute approximate surface area is 198 Å². The summed E-state index contributed by atoms with van der Waals surface area (Å²) in [5, 5.41) is 2.93. The molecular weight excluding hydrogens is 435 g/mol. The molecule has 3 aromatic rings. The Morgan fingerprint density at radius 2 is 1.79 bits per heavy atom. The first-order valence-corrected chi connectivity index (χ1v) is 11.2. The first-order valence-electron chi connectivity index (χ1n) is 11.2. The second kappa shape index (κ2) is 10.4. The zero-order chi connectivity index (χ0) is 24.1. The minimum absolute atomic E-state index is 0.117. The lowest BCUT2D eigenvalue weighted by atomic mass is 10.1. The molecule has 0 fully saturated rings. The number of anilines is 1. The number of halogens is 1. The van der Waals surface area contributed by atoms with Gasteiger partial charge in [0.15, 0.2) is 6.10 Å². The molecule has 1 aliphatic heterocycles. The summed E-state index contributed by atoms with van der Waals surface area (Å²) in [4.78, 5) is 27.4. The number of hydrogen-bond donors (Lipinski definition) is 1. The fourth-order valence-corrected chi connectivity index (χ4v) is 3.92. The molecule has 0 aliphatic carbocycles. The van der Waals surface area contributed by atoms with E-state index in [0.29, 0.717) is 30.9 Å². The maximum absolute atomic E-state index is 13.3. The number of amides is 2. The summed E-state index contributed by atoms with van der Waals surface area (Å²) in [7, 11) is 1.60. The predicted octanol–water partition coefficient (Wildman–Crippen LogP) is 4.72. The summed E-state index contributed by atoms with van der Waals surface area (Å²) in [5.41, 5.74) is 3.13. The molecule has 7 heteroatoms. The number of carbonyl (C=O) groups excluding carboxylic acids is 2. The van der Waals surface area contributed by atoms with Crippen molar-refractivity contribution in [3.63, 3.8) is 0 Å². The van der Waals surface area contributed by atoms with Crippen LogP contribution in [0.1, 0.15) is 30.0 Å². The van der Waals surface area contributed by atoms with E-state index >= 15 is 0 Å². The van der Waals surface area contributed by atoms with Gasteiger partial charge in [-0.15, -0.1) is 0 Å². The van der Waals surface area contributed by atoms with Gasteiger partial charge in [-0.3, -0.25) is 9.59 Å². The lowest BCUT2D eigenvalue weighted by Gasteiger charge is -2.23. The summed E-state index contributed by atoms with van der Waals surface area (Å²) >= 11 is 0. The molecule has 0 radical (unpaired) electrons. The minimum Gasteiger partial charge on any atom is -0.497 e. The van der Waals surface area contributed by atoms with Crippen LogP contribution in [-0.2, 0) is 29.1 Å². The van der Waals surface area contributed by atoms with Crippen molar-refractivity contribution in [1.29, 1.82) is 0 Å². The molecule has 176 valence electrons. The molecule has 0 saturated carbocycles. The Morgan fingerprint density at radius 1 is 1.09 bits per heavy atom. The topological polar surface area (TPSA) is 67.9 Å². The van der Waals surface area contributed by atoms with E-state index < -0.39 is 6.10 Å². The summed E-state index contributed by atoms with van der Waals surface area (Å²) in [6.45, 7) is 2.56. The predicted molar refractivity (Wildman–Crippen MR) is 127 cm³/mol. The van der Waals surface area contributed by atoms with E-state index in [1.807, 2.05) is 37.3 Å². The van der Waals surface area contributed by atoms with Gasteiger partial charge in [0.2, 0.25) is 5.91 Å². The third-order valence-electron chi connectivity index (χ3n) is 5.74. The molecule has 34 heavy (non-hydrogen) atoms. The molecule has 1 heterocycles. The molecule has 1 unspecified atom stereocenters. The third-order valence-corrected chi connectivity index (χ3v) is 5.74. The molecule has 0 bridgehead atoms. The standard InChI is InChI=1S/C27H27FN2O4/c1-3-24-27(32)30(16-19-4-8-21(28)9-5-19)17-20-15-22(10-13-25(20)34-24)29-26(31)14-18-6-11-23(33-2)12-7-18/h4-13,15,24H,3,14,16-17H2,1-2H3,(H,29,31). The molecule has 0 spiro atoms. The smallest absolute Gasteiger partial charge is 0.264 e. The van der Waals surface area contributed by atoms with Gasteiger partial charge in [-0.25, -0.2) is 4.39 Å². The van der Waals surface area contributed by atoms with E-state index in [1.54, 1.807) is 36.3 Å². The number of ether oxygens (including phenoxy) is 2. The van der Waals surface area contributed by atoms with Gasteiger partial charge >= 0.3 is 0 Å². The van der Waals surface area contributed by atoms with Crippen molar-refractivity contribution in [3.05, 3.63) is 89.2 Å². The molecule has 0 saturated heterocycles. The zero-order valence-corrected chi connectivity index (χ0v) is 19.2. The average molecular weight is 463 g/mol. The Balaban J connectivity index is 1.50. The second-order valence-corrected chi connectivity index (χ2v) is 8.23. The van der Waals surface area contributed by atoms with Crippen LogP contribution in [0.25, 0.3) is 0 Å². The van der Waals surface area contributed by atoms with Crippen molar-refractivity contribution < 1.29 is 23.5 Å². The van der Waals surface area contributed by atoms with Crippen LogP contribution in [-0.4, -0.2) is 29.9 Å². The number of nitrogens with zero attached hydrogens (tertiary/aromatic N) is 1. The molecule has 3 aromatic carbocycles. The van der Waals surface area contributed by atoms with Crippen molar-refractivity contribution >= 4 is 17.5 Å². The first kappa shape index (κ1) is 23.3. The van der Waals surface area contributed by atoms with E-state index in [0.717, 1.165) is 22.4 Å². The van der Waals surface area contributed by atoms with Gasteiger partial charge in [-0.1, -0.05) is 31.2 Å². The maximum Gasteiger partial charge on any atom is 0.264 e. The SMILES string of the molecule is CCC1Oc2ccc(NC(=O)Cc3ccc(OC)cc3)cc2CN(Cc2ccc(F)cc2)C1=O. The van der Waals surface area contributed by atoms with Gasteiger partial charge < -0.3 is 19.7 Å². The Bertz CT molecular complexity index is 1160. The highest BCUT2D eigenvalue weighted by atomic mass is 19.1. The summed E-state index contributed by atoms with van der Waals surface area (Å²) in [5.74, 6) is 0.773. The molecule has 1 N–H and O–H groups in total. The highest BCUT2D eigenvalue weighted by Gasteiger charge is 2.30. The summed E-state index contributed by atoms with van der Waals surface area (Å²) < 4.78 is 24.5. The van der Waals surface area contributed by atoms with E-state index in [-0.39, 0.29) is 24.1 Å². The fraction of sp³-hybridized carbons (Fsp3) is 0.259. The molecule has 0 aromatic heterocycles. The van der Waals surface area contributed by atoms with Crippen LogP contribution in [0.15, 0.2) is 66.7 Å². The van der Waals surface area contributed by atoms with E-state index in [9.17, 15) is 14.0 Å². The quantitative estimate of drug-likeness (QED) is 0.552. The summed E-state index contributed by atoms with van der Waals surface area (Å²) in [6.07, 6.45) is 0.153.